The summed E-state index contributed by atoms with van der Waals surface area (Å²) in [5, 5.41) is 5.00. The Kier molecular flexibility index (Phi) is 4.11. The first-order valence-electron chi connectivity index (χ1n) is 5.38. The fourth-order valence-corrected chi connectivity index (χ4v) is 2.05. The molecule has 0 spiro atoms. The Morgan fingerprint density at radius 1 is 1.18 bits per heavy atom. The van der Waals surface area contributed by atoms with Crippen LogP contribution in [0.5, 0.6) is 0 Å². The minimum Gasteiger partial charge on any atom is -0.387 e. The van der Waals surface area contributed by atoms with E-state index < -0.39 is 0 Å². The van der Waals surface area contributed by atoms with Crippen LogP contribution in [0.1, 0.15) is 15.2 Å². The predicted molar refractivity (Wildman–Crippen MR) is 71.1 cm³/mol. The lowest BCUT2D eigenvalue weighted by Crippen LogP contribution is -2.05. The van der Waals surface area contributed by atoms with Crippen molar-refractivity contribution in [2.45, 2.75) is 6.54 Å². The third kappa shape index (κ3) is 3.57. The first kappa shape index (κ1) is 11.6. The van der Waals surface area contributed by atoms with E-state index in [9.17, 15) is 4.79 Å². The molecule has 2 aromatic rings. The van der Waals surface area contributed by atoms with E-state index in [0.717, 1.165) is 11.4 Å². The molecule has 0 aliphatic rings. The molecule has 86 valence electrons. The summed E-state index contributed by atoms with van der Waals surface area (Å²) in [6.07, 6.45) is 3.27. The van der Waals surface area contributed by atoms with E-state index in [-0.39, 0.29) is 5.78 Å². The first-order valence-corrected chi connectivity index (χ1v) is 6.26. The van der Waals surface area contributed by atoms with Crippen molar-refractivity contribution in [3.05, 3.63) is 70.6 Å². The summed E-state index contributed by atoms with van der Waals surface area (Å²) >= 11 is 1.46. The summed E-state index contributed by atoms with van der Waals surface area (Å²) in [7, 11) is 0. The number of carbonyl (C=O) groups is 1. The third-order valence-corrected chi connectivity index (χ3v) is 3.15. The molecule has 0 fully saturated rings. The van der Waals surface area contributed by atoms with Crippen molar-refractivity contribution in [2.75, 3.05) is 0 Å². The zero-order valence-corrected chi connectivity index (χ0v) is 10.1. The van der Waals surface area contributed by atoms with E-state index >= 15 is 0 Å². The minimum atomic E-state index is 0.0422. The van der Waals surface area contributed by atoms with E-state index in [4.69, 9.17) is 0 Å². The van der Waals surface area contributed by atoms with Crippen LogP contribution in [0.25, 0.3) is 0 Å². The molecule has 0 aliphatic heterocycles. The van der Waals surface area contributed by atoms with Crippen molar-refractivity contribution in [1.29, 1.82) is 0 Å². The maximum absolute atomic E-state index is 11.6. The smallest absolute Gasteiger partial charge is 0.197 e. The third-order valence-electron chi connectivity index (χ3n) is 2.27. The zero-order chi connectivity index (χ0) is 11.9. The summed E-state index contributed by atoms with van der Waals surface area (Å²) in [6.45, 7) is 0.731. The van der Waals surface area contributed by atoms with Gasteiger partial charge in [-0.25, -0.2) is 0 Å². The number of allylic oxidation sites excluding steroid dienone is 1. The van der Waals surface area contributed by atoms with E-state index in [0.29, 0.717) is 0 Å². The van der Waals surface area contributed by atoms with E-state index in [2.05, 4.69) is 5.32 Å². The van der Waals surface area contributed by atoms with Gasteiger partial charge in [-0.1, -0.05) is 36.4 Å². The Bertz CT molecular complexity index is 488. The SMILES string of the molecule is O=C(/C=C/NCc1ccccc1)c1cccs1. The molecule has 2 rings (SSSR count). The standard InChI is InChI=1S/C14H13NOS/c16-13(14-7-4-10-17-14)8-9-15-11-12-5-2-1-3-6-12/h1-10,15H,11H2/b9-8+. The van der Waals surface area contributed by atoms with Gasteiger partial charge in [-0.3, -0.25) is 4.79 Å². The summed E-state index contributed by atoms with van der Waals surface area (Å²) in [5.74, 6) is 0.0422. The largest absolute Gasteiger partial charge is 0.387 e. The van der Waals surface area contributed by atoms with Gasteiger partial charge in [-0.15, -0.1) is 11.3 Å². The van der Waals surface area contributed by atoms with Crippen LogP contribution in [-0.4, -0.2) is 5.78 Å². The average molecular weight is 243 g/mol. The summed E-state index contributed by atoms with van der Waals surface area (Å²) < 4.78 is 0. The molecule has 3 heteroatoms. The van der Waals surface area contributed by atoms with Crippen molar-refractivity contribution < 1.29 is 4.79 Å². The van der Waals surface area contributed by atoms with E-state index in [1.165, 1.54) is 16.9 Å². The lowest BCUT2D eigenvalue weighted by Gasteiger charge is -1.99. The number of hydrogen-bond acceptors (Lipinski definition) is 3. The highest BCUT2D eigenvalue weighted by atomic mass is 32.1. The number of nitrogens with one attached hydrogen (secondary N) is 1. The Morgan fingerprint density at radius 3 is 2.71 bits per heavy atom. The number of carbonyl (C=O) groups excluding carboxylic acids is 1. The molecule has 1 N–H and O–H groups in total. The van der Waals surface area contributed by atoms with Crippen molar-refractivity contribution in [2.24, 2.45) is 0 Å². The Morgan fingerprint density at radius 2 is 2.00 bits per heavy atom. The normalized spacial score (nSPS) is 10.6. The van der Waals surface area contributed by atoms with Crippen LogP contribution < -0.4 is 5.32 Å². The van der Waals surface area contributed by atoms with Crippen molar-refractivity contribution >= 4 is 17.1 Å². The van der Waals surface area contributed by atoms with E-state index in [1.54, 1.807) is 12.3 Å². The van der Waals surface area contributed by atoms with Crippen LogP contribution in [-0.2, 0) is 6.54 Å². The summed E-state index contributed by atoms with van der Waals surface area (Å²) in [6, 6.07) is 13.8. The second-order valence-corrected chi connectivity index (χ2v) is 4.49. The summed E-state index contributed by atoms with van der Waals surface area (Å²) in [4.78, 5) is 12.4. The van der Waals surface area contributed by atoms with Crippen LogP contribution in [0.4, 0.5) is 0 Å². The minimum absolute atomic E-state index is 0.0422. The Labute approximate surface area is 105 Å². The molecule has 0 atom stereocenters. The van der Waals surface area contributed by atoms with Crippen LogP contribution >= 0.6 is 11.3 Å². The van der Waals surface area contributed by atoms with Gasteiger partial charge in [0.05, 0.1) is 4.88 Å². The highest BCUT2D eigenvalue weighted by molar-refractivity contribution is 7.12. The van der Waals surface area contributed by atoms with Gasteiger partial charge < -0.3 is 5.32 Å². The molecule has 1 aromatic carbocycles. The van der Waals surface area contributed by atoms with E-state index in [1.807, 2.05) is 47.8 Å². The second kappa shape index (κ2) is 6.01. The van der Waals surface area contributed by atoms with Gasteiger partial charge in [0, 0.05) is 18.8 Å². The van der Waals surface area contributed by atoms with Gasteiger partial charge in [0.25, 0.3) is 0 Å². The molecule has 0 bridgehead atoms. The van der Waals surface area contributed by atoms with Gasteiger partial charge in [-0.2, -0.15) is 0 Å². The maximum atomic E-state index is 11.6. The number of benzene rings is 1. The van der Waals surface area contributed by atoms with Gasteiger partial charge in [0.15, 0.2) is 5.78 Å². The monoisotopic (exact) mass is 243 g/mol. The number of thiophene rings is 1. The molecular weight excluding hydrogens is 230 g/mol. The molecule has 0 aliphatic carbocycles. The molecule has 17 heavy (non-hydrogen) atoms. The molecule has 0 amide bonds. The molecule has 0 radical (unpaired) electrons. The molecule has 0 saturated carbocycles. The molecule has 2 nitrogen and oxygen atoms in total. The maximum Gasteiger partial charge on any atom is 0.197 e. The van der Waals surface area contributed by atoms with Crippen LogP contribution in [0.3, 0.4) is 0 Å². The number of hydrogen-bond donors (Lipinski definition) is 1. The fourth-order valence-electron chi connectivity index (χ4n) is 1.41. The van der Waals surface area contributed by atoms with Crippen LogP contribution in [0.2, 0.25) is 0 Å². The van der Waals surface area contributed by atoms with Crippen LogP contribution in [0.15, 0.2) is 60.1 Å². The number of ketones is 1. The molecular formula is C14H13NOS. The lowest BCUT2D eigenvalue weighted by molar-refractivity contribution is 0.105. The van der Waals surface area contributed by atoms with Gasteiger partial charge in [0.1, 0.15) is 0 Å². The quantitative estimate of drug-likeness (QED) is 0.645. The van der Waals surface area contributed by atoms with Crippen molar-refractivity contribution in [3.8, 4) is 0 Å². The first-order chi connectivity index (χ1) is 8.36. The number of rotatable bonds is 5. The predicted octanol–water partition coefficient (Wildman–Crippen LogP) is 3.23. The topological polar surface area (TPSA) is 29.1 Å². The van der Waals surface area contributed by atoms with Gasteiger partial charge >= 0.3 is 0 Å². The molecule has 0 saturated heterocycles. The van der Waals surface area contributed by atoms with Crippen molar-refractivity contribution in [3.63, 3.8) is 0 Å². The highest BCUT2D eigenvalue weighted by Crippen LogP contribution is 2.09. The molecule has 0 unspecified atom stereocenters. The van der Waals surface area contributed by atoms with Crippen molar-refractivity contribution in [1.82, 2.24) is 5.32 Å². The Hall–Kier alpha value is -1.87. The van der Waals surface area contributed by atoms with Gasteiger partial charge in [-0.05, 0) is 17.0 Å². The Balaban J connectivity index is 1.81. The summed E-state index contributed by atoms with van der Waals surface area (Å²) in [5.41, 5.74) is 1.20. The lowest BCUT2D eigenvalue weighted by atomic mass is 10.2. The van der Waals surface area contributed by atoms with Gasteiger partial charge in [0.2, 0.25) is 0 Å². The molecule has 1 heterocycles. The van der Waals surface area contributed by atoms with Crippen LogP contribution in [0, 0.1) is 0 Å². The second-order valence-electron chi connectivity index (χ2n) is 3.54. The average Bonchev–Trinajstić information content (AvgIpc) is 2.89. The molecule has 1 aromatic heterocycles. The highest BCUT2D eigenvalue weighted by Gasteiger charge is 2.00. The fraction of sp³-hybridized carbons (Fsp3) is 0.0714. The zero-order valence-electron chi connectivity index (χ0n) is 9.30.